The molecule has 1 aromatic rings. The van der Waals surface area contributed by atoms with Crippen LogP contribution in [0.1, 0.15) is 90.7 Å². The van der Waals surface area contributed by atoms with Crippen molar-refractivity contribution >= 4 is 23.5 Å². The van der Waals surface area contributed by atoms with Crippen molar-refractivity contribution in [1.29, 1.82) is 0 Å². The number of likely N-dealkylation sites (N-methyl/N-ethyl adjacent to an activating group) is 1. The van der Waals surface area contributed by atoms with Gasteiger partial charge in [0, 0.05) is 18.4 Å². The van der Waals surface area contributed by atoms with Gasteiger partial charge in [0.25, 0.3) is 5.88 Å². The molecule has 1 aliphatic heterocycles. The highest BCUT2D eigenvalue weighted by Crippen LogP contribution is 2.33. The minimum Gasteiger partial charge on any atom is -1.00 e. The Morgan fingerprint density at radius 3 is 2.55 bits per heavy atom. The molecular formula is C24H42IN3O4S. The first-order valence-electron chi connectivity index (χ1n) is 12.4. The first kappa shape index (κ1) is 30.1. The Kier molecular flexibility index (Phi) is 15.2. The lowest BCUT2D eigenvalue weighted by molar-refractivity contribution is -0.947. The summed E-state index contributed by atoms with van der Waals surface area (Å²) in [6.45, 7) is 9.07. The number of rotatable bonds is 15. The van der Waals surface area contributed by atoms with Gasteiger partial charge in [-0.25, -0.2) is 4.79 Å². The van der Waals surface area contributed by atoms with E-state index in [-0.39, 0.29) is 30.2 Å². The minimum absolute atomic E-state index is 0. The van der Waals surface area contributed by atoms with E-state index in [1.54, 1.807) is 0 Å². The van der Waals surface area contributed by atoms with Gasteiger partial charge in [-0.3, -0.25) is 4.48 Å². The molecule has 2 unspecified atom stereocenters. The van der Waals surface area contributed by atoms with E-state index in [0.29, 0.717) is 23.6 Å². The van der Waals surface area contributed by atoms with Gasteiger partial charge in [0.05, 0.1) is 38.5 Å². The van der Waals surface area contributed by atoms with Crippen molar-refractivity contribution in [3.63, 3.8) is 0 Å². The summed E-state index contributed by atoms with van der Waals surface area (Å²) in [5.74, 6) is 0.636. The van der Waals surface area contributed by atoms with Crippen LogP contribution < -0.4 is 28.7 Å². The number of hydrogen-bond donors (Lipinski definition) is 0. The Morgan fingerprint density at radius 1 is 1.06 bits per heavy atom. The van der Waals surface area contributed by atoms with Crippen molar-refractivity contribution in [2.24, 2.45) is 0 Å². The zero-order valence-corrected chi connectivity index (χ0v) is 23.8. The summed E-state index contributed by atoms with van der Waals surface area (Å²) >= 11 is 1.20. The molecule has 7 nitrogen and oxygen atoms in total. The number of carbonyl (C=O) groups excluding carboxylic acids is 1. The summed E-state index contributed by atoms with van der Waals surface area (Å²) in [7, 11) is 2.17. The van der Waals surface area contributed by atoms with Gasteiger partial charge in [0.1, 0.15) is 12.2 Å². The summed E-state index contributed by atoms with van der Waals surface area (Å²) in [5.41, 5.74) is 1.97. The van der Waals surface area contributed by atoms with E-state index < -0.39 is 6.16 Å². The molecule has 2 atom stereocenters. The van der Waals surface area contributed by atoms with E-state index in [1.807, 2.05) is 6.92 Å². The van der Waals surface area contributed by atoms with Crippen molar-refractivity contribution in [3.05, 3.63) is 11.8 Å². The molecule has 1 aromatic heterocycles. The summed E-state index contributed by atoms with van der Waals surface area (Å²) in [4.78, 5) is 12.3. The highest BCUT2D eigenvalue weighted by atomic mass is 127. The SMILES string of the molecule is CCCCCCOc1nsnc1C1=CCC[N+](C)(C(CCCCC)OC(=O)OCCC)C1.[I-]. The molecule has 9 heteroatoms. The van der Waals surface area contributed by atoms with Crippen molar-refractivity contribution < 1.29 is 47.5 Å². The van der Waals surface area contributed by atoms with Gasteiger partial charge in [0.15, 0.2) is 0 Å². The van der Waals surface area contributed by atoms with Gasteiger partial charge in [-0.05, 0) is 19.3 Å². The third-order valence-electron chi connectivity index (χ3n) is 5.97. The predicted octanol–water partition coefficient (Wildman–Crippen LogP) is 3.20. The zero-order valence-electron chi connectivity index (χ0n) is 20.8. The maximum absolute atomic E-state index is 12.3. The lowest BCUT2D eigenvalue weighted by Crippen LogP contribution is -3.00. The second kappa shape index (κ2) is 16.6. The minimum atomic E-state index is -0.560. The Hall–Kier alpha value is -0.940. The van der Waals surface area contributed by atoms with Crippen molar-refractivity contribution in [2.45, 2.75) is 91.2 Å². The quantitative estimate of drug-likeness (QED) is 0.134. The Morgan fingerprint density at radius 2 is 1.82 bits per heavy atom. The molecule has 0 N–H and O–H groups in total. The number of quaternary nitrogens is 1. The maximum atomic E-state index is 12.3. The number of hydrogen-bond acceptors (Lipinski definition) is 7. The largest absolute Gasteiger partial charge is 1.00 e. The lowest BCUT2D eigenvalue weighted by Gasteiger charge is -2.42. The van der Waals surface area contributed by atoms with Crippen LogP contribution in [0.5, 0.6) is 5.88 Å². The second-order valence-corrected chi connectivity index (χ2v) is 9.40. The molecule has 0 saturated heterocycles. The molecule has 0 fully saturated rings. The van der Waals surface area contributed by atoms with Crippen molar-refractivity contribution in [2.75, 3.05) is 33.4 Å². The molecule has 0 aromatic carbocycles. The summed E-state index contributed by atoms with van der Waals surface area (Å²) in [6, 6.07) is 0. The molecule has 2 rings (SSSR count). The second-order valence-electron chi connectivity index (χ2n) is 8.87. The van der Waals surface area contributed by atoms with E-state index in [0.717, 1.165) is 69.3 Å². The Bertz CT molecular complexity index is 716. The molecule has 0 aliphatic carbocycles. The van der Waals surface area contributed by atoms with Crippen molar-refractivity contribution in [1.82, 2.24) is 8.75 Å². The molecule has 33 heavy (non-hydrogen) atoms. The van der Waals surface area contributed by atoms with Gasteiger partial charge >= 0.3 is 6.16 Å². The zero-order chi connectivity index (χ0) is 23.2. The Balaban J connectivity index is 0.00000544. The number of carbonyl (C=O) groups is 1. The number of halogens is 1. The van der Waals surface area contributed by atoms with E-state index >= 15 is 0 Å². The maximum Gasteiger partial charge on any atom is 0.512 e. The fraction of sp³-hybridized carbons (Fsp3) is 0.792. The number of ether oxygens (including phenoxy) is 3. The summed E-state index contributed by atoms with van der Waals surface area (Å²) in [6.07, 6.45) is 11.9. The van der Waals surface area contributed by atoms with Crippen LogP contribution in [0.3, 0.4) is 0 Å². The first-order chi connectivity index (χ1) is 15.5. The summed E-state index contributed by atoms with van der Waals surface area (Å²) < 4.78 is 26.6. The number of unbranched alkanes of at least 4 members (excludes halogenated alkanes) is 5. The van der Waals surface area contributed by atoms with Gasteiger partial charge < -0.3 is 38.2 Å². The fourth-order valence-corrected chi connectivity index (χ4v) is 4.58. The van der Waals surface area contributed by atoms with Crippen LogP contribution in [0, 0.1) is 0 Å². The lowest BCUT2D eigenvalue weighted by atomic mass is 10.0. The number of nitrogens with zero attached hydrogens (tertiary/aromatic N) is 3. The van der Waals surface area contributed by atoms with Crippen LogP contribution in [0.15, 0.2) is 6.08 Å². The molecule has 0 bridgehead atoms. The standard InChI is InChI=1S/C24H42N3O4S.HI/c1-5-8-10-12-18-29-23-22(25-32-26-23)20-14-13-16-27(4,19-20)21(15-11-9-6-2)31-24(28)30-17-7-3;/h14,21H,5-13,15-19H2,1-4H3;1H/q+1;/p-1. The number of aromatic nitrogens is 2. The van der Waals surface area contributed by atoms with E-state index in [2.05, 4.69) is 35.7 Å². The third kappa shape index (κ3) is 10.1. The van der Waals surface area contributed by atoms with Gasteiger partial charge in [-0.15, -0.1) is 4.37 Å². The van der Waals surface area contributed by atoms with Crippen LogP contribution in [0.4, 0.5) is 4.79 Å². The first-order valence-corrected chi connectivity index (χ1v) is 13.1. The monoisotopic (exact) mass is 595 g/mol. The fourth-order valence-electron chi connectivity index (χ4n) is 4.05. The molecular weight excluding hydrogens is 553 g/mol. The van der Waals surface area contributed by atoms with E-state index in [1.165, 1.54) is 31.0 Å². The average molecular weight is 596 g/mol. The highest BCUT2D eigenvalue weighted by molar-refractivity contribution is 6.99. The van der Waals surface area contributed by atoms with E-state index in [9.17, 15) is 4.79 Å². The molecule has 2 heterocycles. The average Bonchev–Trinajstić information content (AvgIpc) is 3.25. The highest BCUT2D eigenvalue weighted by Gasteiger charge is 2.39. The Labute approximate surface area is 221 Å². The molecule has 0 saturated carbocycles. The molecule has 190 valence electrons. The van der Waals surface area contributed by atoms with Crippen LogP contribution in [0.2, 0.25) is 0 Å². The molecule has 0 spiro atoms. The molecule has 0 amide bonds. The van der Waals surface area contributed by atoms with E-state index in [4.69, 9.17) is 14.2 Å². The smallest absolute Gasteiger partial charge is 0.512 e. The van der Waals surface area contributed by atoms with Gasteiger partial charge in [-0.1, -0.05) is 59.0 Å². The van der Waals surface area contributed by atoms with Gasteiger partial charge in [0.2, 0.25) is 6.23 Å². The normalized spacial score (nSPS) is 18.7. The molecule has 0 radical (unpaired) electrons. The van der Waals surface area contributed by atoms with Crippen LogP contribution in [-0.2, 0) is 9.47 Å². The van der Waals surface area contributed by atoms with Crippen molar-refractivity contribution in [3.8, 4) is 5.88 Å². The topological polar surface area (TPSA) is 70.5 Å². The summed E-state index contributed by atoms with van der Waals surface area (Å²) in [5, 5.41) is 0. The third-order valence-corrected chi connectivity index (χ3v) is 6.48. The predicted molar refractivity (Wildman–Crippen MR) is 129 cm³/mol. The van der Waals surface area contributed by atoms with Crippen LogP contribution in [0.25, 0.3) is 5.57 Å². The van der Waals surface area contributed by atoms with Crippen LogP contribution >= 0.6 is 11.7 Å². The van der Waals surface area contributed by atoms with Gasteiger partial charge in [-0.2, -0.15) is 4.37 Å². The molecule has 1 aliphatic rings. The van der Waals surface area contributed by atoms with Crippen LogP contribution in [-0.4, -0.2) is 59.0 Å².